The van der Waals surface area contributed by atoms with E-state index in [2.05, 4.69) is 42.0 Å². The third kappa shape index (κ3) is 4.18. The maximum atomic E-state index is 4.90. The third-order valence-corrected chi connectivity index (χ3v) is 5.33. The lowest BCUT2D eigenvalue weighted by molar-refractivity contribution is 0.307. The Labute approximate surface area is 137 Å². The Morgan fingerprint density at radius 1 is 1.19 bits per heavy atom. The van der Waals surface area contributed by atoms with Crippen molar-refractivity contribution in [3.8, 4) is 0 Å². The van der Waals surface area contributed by atoms with Gasteiger partial charge in [0.25, 0.3) is 0 Å². The van der Waals surface area contributed by atoms with E-state index in [1.54, 1.807) is 0 Å². The van der Waals surface area contributed by atoms with Gasteiger partial charge in [0.15, 0.2) is 0 Å². The SMILES string of the molecule is CCCc1nc(C2CCCC(CC)C2)nc(NCC)c1Br. The van der Waals surface area contributed by atoms with E-state index in [1.165, 1.54) is 32.1 Å². The first-order valence-electron chi connectivity index (χ1n) is 8.49. The highest BCUT2D eigenvalue weighted by Crippen LogP contribution is 2.37. The number of hydrogen-bond donors (Lipinski definition) is 1. The molecule has 2 rings (SSSR count). The molecule has 0 bridgehead atoms. The molecule has 0 aromatic carbocycles. The van der Waals surface area contributed by atoms with E-state index in [0.29, 0.717) is 5.92 Å². The van der Waals surface area contributed by atoms with Crippen molar-refractivity contribution >= 4 is 21.7 Å². The maximum absolute atomic E-state index is 4.90. The van der Waals surface area contributed by atoms with E-state index in [0.717, 1.165) is 47.1 Å². The zero-order valence-electron chi connectivity index (χ0n) is 13.6. The van der Waals surface area contributed by atoms with Crippen LogP contribution in [-0.4, -0.2) is 16.5 Å². The molecule has 2 atom stereocenters. The Balaban J connectivity index is 2.29. The van der Waals surface area contributed by atoms with E-state index >= 15 is 0 Å². The monoisotopic (exact) mass is 353 g/mol. The van der Waals surface area contributed by atoms with Gasteiger partial charge in [-0.05, 0) is 48.0 Å². The van der Waals surface area contributed by atoms with Crippen LogP contribution in [0.5, 0.6) is 0 Å². The molecule has 1 aliphatic rings. The van der Waals surface area contributed by atoms with Gasteiger partial charge in [-0.1, -0.05) is 39.5 Å². The minimum atomic E-state index is 0.546. The Morgan fingerprint density at radius 3 is 2.67 bits per heavy atom. The van der Waals surface area contributed by atoms with Gasteiger partial charge < -0.3 is 5.32 Å². The van der Waals surface area contributed by atoms with Gasteiger partial charge in [0.2, 0.25) is 0 Å². The molecule has 4 heteroatoms. The largest absolute Gasteiger partial charge is 0.369 e. The van der Waals surface area contributed by atoms with Crippen molar-refractivity contribution in [3.05, 3.63) is 16.0 Å². The first-order chi connectivity index (χ1) is 10.2. The molecule has 1 N–H and O–H groups in total. The standard InChI is InChI=1S/C17H28BrN3/c1-4-8-14-15(18)17(19-6-3)21-16(20-14)13-10-7-9-12(5-2)11-13/h12-13H,4-11H2,1-3H3,(H,19,20,21). The van der Waals surface area contributed by atoms with Crippen molar-refractivity contribution in [2.75, 3.05) is 11.9 Å². The quantitative estimate of drug-likeness (QED) is 0.753. The second kappa shape index (κ2) is 8.11. The molecule has 118 valence electrons. The van der Waals surface area contributed by atoms with Gasteiger partial charge in [0.1, 0.15) is 11.6 Å². The molecule has 1 fully saturated rings. The summed E-state index contributed by atoms with van der Waals surface area (Å²) in [5.74, 6) is 3.44. The lowest BCUT2D eigenvalue weighted by atomic mass is 9.80. The van der Waals surface area contributed by atoms with Crippen molar-refractivity contribution in [1.29, 1.82) is 0 Å². The number of nitrogens with zero attached hydrogens (tertiary/aromatic N) is 2. The molecule has 1 aromatic rings. The van der Waals surface area contributed by atoms with Crippen LogP contribution in [0.25, 0.3) is 0 Å². The van der Waals surface area contributed by atoms with Crippen LogP contribution in [0.4, 0.5) is 5.82 Å². The highest BCUT2D eigenvalue weighted by Gasteiger charge is 2.25. The molecule has 3 nitrogen and oxygen atoms in total. The van der Waals surface area contributed by atoms with Gasteiger partial charge in [0, 0.05) is 12.5 Å². The Morgan fingerprint density at radius 2 is 2.00 bits per heavy atom. The van der Waals surface area contributed by atoms with Crippen LogP contribution in [0.2, 0.25) is 0 Å². The molecular weight excluding hydrogens is 326 g/mol. The molecule has 21 heavy (non-hydrogen) atoms. The fourth-order valence-electron chi connectivity index (χ4n) is 3.28. The van der Waals surface area contributed by atoms with Crippen LogP contribution in [-0.2, 0) is 6.42 Å². The molecule has 2 unspecified atom stereocenters. The molecule has 0 saturated heterocycles. The lowest BCUT2D eigenvalue weighted by Gasteiger charge is -2.28. The summed E-state index contributed by atoms with van der Waals surface area (Å²) in [4.78, 5) is 9.73. The smallest absolute Gasteiger partial charge is 0.144 e. The predicted molar refractivity (Wildman–Crippen MR) is 92.9 cm³/mol. The summed E-state index contributed by atoms with van der Waals surface area (Å²) < 4.78 is 1.05. The van der Waals surface area contributed by atoms with Gasteiger partial charge in [0.05, 0.1) is 10.2 Å². The number of aryl methyl sites for hydroxylation is 1. The molecule has 0 aliphatic heterocycles. The van der Waals surface area contributed by atoms with Gasteiger partial charge >= 0.3 is 0 Å². The van der Waals surface area contributed by atoms with Crippen molar-refractivity contribution in [3.63, 3.8) is 0 Å². The van der Waals surface area contributed by atoms with Crippen LogP contribution >= 0.6 is 15.9 Å². The summed E-state index contributed by atoms with van der Waals surface area (Å²) in [7, 11) is 0. The molecule has 0 amide bonds. The zero-order chi connectivity index (χ0) is 15.2. The van der Waals surface area contributed by atoms with Gasteiger partial charge in [-0.2, -0.15) is 0 Å². The van der Waals surface area contributed by atoms with Crippen LogP contribution in [0, 0.1) is 5.92 Å². The topological polar surface area (TPSA) is 37.8 Å². The summed E-state index contributed by atoms with van der Waals surface area (Å²) in [5.41, 5.74) is 1.16. The molecule has 0 radical (unpaired) electrons. The number of nitrogens with one attached hydrogen (secondary N) is 1. The number of aromatic nitrogens is 2. The molecular formula is C17H28BrN3. The van der Waals surface area contributed by atoms with E-state index in [1.807, 2.05) is 0 Å². The van der Waals surface area contributed by atoms with Gasteiger partial charge in [-0.15, -0.1) is 0 Å². The predicted octanol–water partition coefficient (Wildman–Crippen LogP) is 5.31. The molecule has 1 aromatic heterocycles. The highest BCUT2D eigenvalue weighted by molar-refractivity contribution is 9.10. The zero-order valence-corrected chi connectivity index (χ0v) is 15.2. The van der Waals surface area contributed by atoms with Crippen LogP contribution in [0.15, 0.2) is 4.47 Å². The van der Waals surface area contributed by atoms with Crippen LogP contribution in [0.1, 0.15) is 76.7 Å². The van der Waals surface area contributed by atoms with E-state index in [9.17, 15) is 0 Å². The fraction of sp³-hybridized carbons (Fsp3) is 0.765. The second-order valence-electron chi connectivity index (χ2n) is 6.11. The van der Waals surface area contributed by atoms with Crippen molar-refractivity contribution in [2.45, 2.75) is 71.6 Å². The Bertz CT molecular complexity index is 434. The molecule has 1 saturated carbocycles. The van der Waals surface area contributed by atoms with Crippen molar-refractivity contribution in [1.82, 2.24) is 9.97 Å². The van der Waals surface area contributed by atoms with Gasteiger partial charge in [-0.25, -0.2) is 9.97 Å². The van der Waals surface area contributed by atoms with Crippen LogP contribution in [0.3, 0.4) is 0 Å². The summed E-state index contributed by atoms with van der Waals surface area (Å²) >= 11 is 3.68. The van der Waals surface area contributed by atoms with Crippen molar-refractivity contribution < 1.29 is 0 Å². The molecule has 1 heterocycles. The Kier molecular flexibility index (Phi) is 6.46. The number of rotatable bonds is 6. The van der Waals surface area contributed by atoms with Crippen molar-refractivity contribution in [2.24, 2.45) is 5.92 Å². The normalized spacial score (nSPS) is 22.3. The summed E-state index contributed by atoms with van der Waals surface area (Å²) in [6.45, 7) is 7.52. The lowest BCUT2D eigenvalue weighted by Crippen LogP contribution is -2.18. The summed E-state index contributed by atoms with van der Waals surface area (Å²) in [5, 5.41) is 3.38. The summed E-state index contributed by atoms with van der Waals surface area (Å²) in [6, 6.07) is 0. The Hall–Kier alpha value is -0.640. The fourth-order valence-corrected chi connectivity index (χ4v) is 3.79. The number of hydrogen-bond acceptors (Lipinski definition) is 3. The maximum Gasteiger partial charge on any atom is 0.144 e. The van der Waals surface area contributed by atoms with E-state index in [4.69, 9.17) is 9.97 Å². The average Bonchev–Trinajstić information content (AvgIpc) is 2.51. The number of anilines is 1. The van der Waals surface area contributed by atoms with Gasteiger partial charge in [-0.3, -0.25) is 0 Å². The third-order valence-electron chi connectivity index (χ3n) is 4.49. The van der Waals surface area contributed by atoms with Crippen LogP contribution < -0.4 is 5.32 Å². The number of halogens is 1. The average molecular weight is 354 g/mol. The second-order valence-corrected chi connectivity index (χ2v) is 6.90. The summed E-state index contributed by atoms with van der Waals surface area (Å²) in [6.07, 6.45) is 8.62. The van der Waals surface area contributed by atoms with E-state index in [-0.39, 0.29) is 0 Å². The molecule has 0 spiro atoms. The highest BCUT2D eigenvalue weighted by atomic mass is 79.9. The van der Waals surface area contributed by atoms with E-state index < -0.39 is 0 Å². The molecule has 1 aliphatic carbocycles. The minimum absolute atomic E-state index is 0.546. The first kappa shape index (κ1) is 16.7. The first-order valence-corrected chi connectivity index (χ1v) is 9.28. The minimum Gasteiger partial charge on any atom is -0.369 e.